The van der Waals surface area contributed by atoms with Gasteiger partial charge in [-0.2, -0.15) is 0 Å². The molecular weight excluding hydrogens is 422 g/mol. The van der Waals surface area contributed by atoms with Crippen molar-refractivity contribution >= 4 is 17.5 Å². The zero-order chi connectivity index (χ0) is 24.5. The van der Waals surface area contributed by atoms with Crippen molar-refractivity contribution in [3.63, 3.8) is 0 Å². The lowest BCUT2D eigenvalue weighted by Gasteiger charge is -2.30. The first kappa shape index (κ1) is 26.0. The van der Waals surface area contributed by atoms with Crippen LogP contribution in [-0.4, -0.2) is 63.2 Å². The van der Waals surface area contributed by atoms with Crippen LogP contribution < -0.4 is 24.8 Å². The Balaban J connectivity index is 2.19. The van der Waals surface area contributed by atoms with E-state index in [2.05, 4.69) is 43.2 Å². The van der Waals surface area contributed by atoms with E-state index in [9.17, 15) is 9.59 Å². The van der Waals surface area contributed by atoms with Gasteiger partial charge in [0.1, 0.15) is 5.75 Å². The van der Waals surface area contributed by atoms with Crippen LogP contribution in [0.25, 0.3) is 0 Å². The van der Waals surface area contributed by atoms with Crippen LogP contribution in [0.5, 0.6) is 17.2 Å². The normalized spacial score (nSPS) is 11.0. The molecule has 2 N–H and O–H groups in total. The Kier molecular flexibility index (Phi) is 9.54. The molecule has 0 bridgehead atoms. The molecule has 0 unspecified atom stereocenters. The Bertz CT molecular complexity index is 951. The molecule has 2 rings (SSSR count). The first-order valence-electron chi connectivity index (χ1n) is 11.0. The van der Waals surface area contributed by atoms with Gasteiger partial charge in [0, 0.05) is 37.3 Å². The van der Waals surface area contributed by atoms with Crippen molar-refractivity contribution < 1.29 is 23.8 Å². The second-order valence-electron chi connectivity index (χ2n) is 8.09. The van der Waals surface area contributed by atoms with E-state index in [1.807, 2.05) is 0 Å². The Morgan fingerprint density at radius 1 is 0.818 bits per heavy atom. The van der Waals surface area contributed by atoms with Crippen molar-refractivity contribution in [1.29, 1.82) is 0 Å². The summed E-state index contributed by atoms with van der Waals surface area (Å²) in [5, 5.41) is 5.78. The van der Waals surface area contributed by atoms with Gasteiger partial charge in [0.25, 0.3) is 11.8 Å². The van der Waals surface area contributed by atoms with E-state index >= 15 is 0 Å². The van der Waals surface area contributed by atoms with Crippen molar-refractivity contribution in [3.05, 3.63) is 47.5 Å². The van der Waals surface area contributed by atoms with Crippen LogP contribution in [0.1, 0.15) is 48.4 Å². The summed E-state index contributed by atoms with van der Waals surface area (Å²) in [7, 11) is 4.47. The van der Waals surface area contributed by atoms with E-state index in [0.29, 0.717) is 47.1 Å². The number of methoxy groups -OCH3 is 3. The number of para-hydroxylation sites is 1. The lowest BCUT2D eigenvalue weighted by atomic mass is 10.1. The van der Waals surface area contributed by atoms with Gasteiger partial charge in [-0.1, -0.05) is 12.1 Å². The topological polar surface area (TPSA) is 89.1 Å². The highest BCUT2D eigenvalue weighted by Crippen LogP contribution is 2.35. The van der Waals surface area contributed by atoms with Crippen molar-refractivity contribution in [1.82, 2.24) is 10.2 Å². The summed E-state index contributed by atoms with van der Waals surface area (Å²) in [5.41, 5.74) is 1.04. The smallest absolute Gasteiger partial charge is 0.259 e. The zero-order valence-electron chi connectivity index (χ0n) is 20.5. The lowest BCUT2D eigenvalue weighted by molar-refractivity contribution is 0.0940. The fraction of sp³-hybridized carbons (Fsp3) is 0.440. The van der Waals surface area contributed by atoms with Gasteiger partial charge in [0.05, 0.1) is 38.1 Å². The fourth-order valence-corrected chi connectivity index (χ4v) is 3.69. The van der Waals surface area contributed by atoms with E-state index in [1.165, 1.54) is 21.3 Å². The Morgan fingerprint density at radius 3 is 1.97 bits per heavy atom. The van der Waals surface area contributed by atoms with E-state index in [0.717, 1.165) is 6.54 Å². The minimum Gasteiger partial charge on any atom is -0.496 e. The molecule has 0 fully saturated rings. The van der Waals surface area contributed by atoms with Gasteiger partial charge in [0.15, 0.2) is 11.5 Å². The highest BCUT2D eigenvalue weighted by Gasteiger charge is 2.20. The number of nitrogens with zero attached hydrogens (tertiary/aromatic N) is 1. The number of hydrogen-bond acceptors (Lipinski definition) is 6. The van der Waals surface area contributed by atoms with Crippen molar-refractivity contribution in [2.24, 2.45) is 0 Å². The number of rotatable bonds is 11. The maximum absolute atomic E-state index is 13.1. The first-order chi connectivity index (χ1) is 15.7. The molecule has 0 atom stereocenters. The van der Waals surface area contributed by atoms with E-state index in [4.69, 9.17) is 14.2 Å². The predicted octanol–water partition coefficient (Wildman–Crippen LogP) is 3.81. The van der Waals surface area contributed by atoms with E-state index < -0.39 is 5.91 Å². The van der Waals surface area contributed by atoms with Crippen LogP contribution in [0.15, 0.2) is 36.4 Å². The Hall–Kier alpha value is -3.26. The van der Waals surface area contributed by atoms with Crippen LogP contribution in [0.3, 0.4) is 0 Å². The van der Waals surface area contributed by atoms with Crippen molar-refractivity contribution in [2.45, 2.75) is 39.8 Å². The molecule has 2 aromatic carbocycles. The summed E-state index contributed by atoms with van der Waals surface area (Å²) >= 11 is 0. The number of ether oxygens (including phenoxy) is 3. The highest BCUT2D eigenvalue weighted by molar-refractivity contribution is 6.10. The van der Waals surface area contributed by atoms with Gasteiger partial charge in [-0.25, -0.2) is 0 Å². The maximum Gasteiger partial charge on any atom is 0.259 e. The summed E-state index contributed by atoms with van der Waals surface area (Å²) in [4.78, 5) is 28.2. The number of carbonyl (C=O) groups is 2. The van der Waals surface area contributed by atoms with Gasteiger partial charge in [-0.15, -0.1) is 0 Å². The van der Waals surface area contributed by atoms with Gasteiger partial charge < -0.3 is 24.8 Å². The minimum atomic E-state index is -0.432. The van der Waals surface area contributed by atoms with E-state index in [1.54, 1.807) is 36.4 Å². The zero-order valence-corrected chi connectivity index (χ0v) is 20.5. The predicted molar refractivity (Wildman–Crippen MR) is 130 cm³/mol. The number of amides is 2. The van der Waals surface area contributed by atoms with Crippen LogP contribution >= 0.6 is 0 Å². The van der Waals surface area contributed by atoms with Gasteiger partial charge in [0.2, 0.25) is 0 Å². The molecule has 0 spiro atoms. The lowest BCUT2D eigenvalue weighted by Crippen LogP contribution is -2.42. The molecule has 33 heavy (non-hydrogen) atoms. The maximum atomic E-state index is 13.1. The summed E-state index contributed by atoms with van der Waals surface area (Å²) in [5.74, 6) is 0.489. The standard InChI is InChI=1S/C25H35N3O5/c1-16(2)28(17(3)4)13-12-26-24(29)18-10-8-9-11-20(18)27-25(30)19-14-22(32-6)23(33-7)15-21(19)31-5/h8-11,14-17H,12-13H2,1-7H3,(H,26,29)(H,27,30). The van der Waals surface area contributed by atoms with Crippen molar-refractivity contribution in [2.75, 3.05) is 39.7 Å². The third kappa shape index (κ3) is 6.61. The molecule has 8 nitrogen and oxygen atoms in total. The second-order valence-corrected chi connectivity index (χ2v) is 8.09. The minimum absolute atomic E-state index is 0.252. The summed E-state index contributed by atoms with van der Waals surface area (Å²) in [6.45, 7) is 9.77. The molecule has 0 saturated heterocycles. The number of carbonyl (C=O) groups excluding carboxylic acids is 2. The van der Waals surface area contributed by atoms with Gasteiger partial charge >= 0.3 is 0 Å². The second kappa shape index (κ2) is 12.1. The van der Waals surface area contributed by atoms with Crippen molar-refractivity contribution in [3.8, 4) is 17.2 Å². The third-order valence-corrected chi connectivity index (χ3v) is 5.35. The number of anilines is 1. The molecule has 0 aromatic heterocycles. The monoisotopic (exact) mass is 457 g/mol. The fourth-order valence-electron chi connectivity index (χ4n) is 3.69. The first-order valence-corrected chi connectivity index (χ1v) is 11.0. The SMILES string of the molecule is COc1cc(OC)c(C(=O)Nc2ccccc2C(=O)NCCN(C(C)C)C(C)C)cc1OC. The number of hydrogen-bond donors (Lipinski definition) is 2. The number of nitrogens with one attached hydrogen (secondary N) is 2. The van der Waals surface area contributed by atoms with Crippen LogP contribution in [-0.2, 0) is 0 Å². The molecule has 0 aliphatic carbocycles. The van der Waals surface area contributed by atoms with Crippen LogP contribution in [0.4, 0.5) is 5.69 Å². The number of benzene rings is 2. The van der Waals surface area contributed by atoms with Crippen LogP contribution in [0, 0.1) is 0 Å². The molecule has 2 amide bonds. The largest absolute Gasteiger partial charge is 0.496 e. The molecular formula is C25H35N3O5. The Morgan fingerprint density at radius 2 is 1.39 bits per heavy atom. The molecule has 0 heterocycles. The summed E-state index contributed by atoms with van der Waals surface area (Å²) in [6, 6.07) is 10.8. The molecule has 8 heteroatoms. The van der Waals surface area contributed by atoms with Crippen LogP contribution in [0.2, 0.25) is 0 Å². The third-order valence-electron chi connectivity index (χ3n) is 5.35. The van der Waals surface area contributed by atoms with Gasteiger partial charge in [-0.3, -0.25) is 14.5 Å². The molecule has 2 aromatic rings. The highest BCUT2D eigenvalue weighted by atomic mass is 16.5. The summed E-state index contributed by atoms with van der Waals surface area (Å²) in [6.07, 6.45) is 0. The quantitative estimate of drug-likeness (QED) is 0.533. The molecule has 180 valence electrons. The van der Waals surface area contributed by atoms with Gasteiger partial charge in [-0.05, 0) is 39.8 Å². The molecule has 0 saturated carbocycles. The molecule has 0 aliphatic rings. The van der Waals surface area contributed by atoms with E-state index in [-0.39, 0.29) is 11.5 Å². The Labute approximate surface area is 196 Å². The average Bonchev–Trinajstić information content (AvgIpc) is 2.80. The average molecular weight is 458 g/mol. The molecule has 0 aliphatic heterocycles. The molecule has 0 radical (unpaired) electrons. The summed E-state index contributed by atoms with van der Waals surface area (Å²) < 4.78 is 15.9.